The molecule has 0 spiro atoms. The van der Waals surface area contributed by atoms with Gasteiger partial charge in [-0.25, -0.2) is 0 Å². The Bertz CT molecular complexity index is 426. The second-order valence-electron chi connectivity index (χ2n) is 5.50. The highest BCUT2D eigenvalue weighted by Gasteiger charge is 2.28. The van der Waals surface area contributed by atoms with E-state index in [4.69, 9.17) is 5.73 Å². The number of carbonyl (C=O) groups is 1. The molecule has 3 heteroatoms. The molecule has 0 saturated carbocycles. The highest BCUT2D eigenvalue weighted by Crippen LogP contribution is 2.22. The van der Waals surface area contributed by atoms with Crippen LogP contribution in [0.4, 0.5) is 0 Å². The van der Waals surface area contributed by atoms with Crippen LogP contribution in [0.15, 0.2) is 24.3 Å². The number of amides is 1. The Labute approximate surface area is 103 Å². The van der Waals surface area contributed by atoms with Crippen LogP contribution in [-0.2, 0) is 6.42 Å². The van der Waals surface area contributed by atoms with Gasteiger partial charge in [-0.1, -0.05) is 32.0 Å². The Hall–Kier alpha value is -1.35. The fourth-order valence-electron chi connectivity index (χ4n) is 2.21. The maximum Gasteiger partial charge on any atom is 0.254 e. The van der Waals surface area contributed by atoms with E-state index in [0.29, 0.717) is 6.54 Å². The van der Waals surface area contributed by atoms with Crippen molar-refractivity contribution < 1.29 is 4.79 Å². The number of nitrogens with two attached hydrogens (primary N) is 1. The molecule has 0 atom stereocenters. The van der Waals surface area contributed by atoms with Gasteiger partial charge in [-0.05, 0) is 30.0 Å². The molecule has 1 amide bonds. The number of nitrogens with zero attached hydrogens (tertiary/aromatic N) is 1. The number of hydrogen-bond acceptors (Lipinski definition) is 2. The first-order chi connectivity index (χ1) is 8.03. The van der Waals surface area contributed by atoms with Gasteiger partial charge in [0, 0.05) is 18.7 Å². The van der Waals surface area contributed by atoms with E-state index in [1.165, 1.54) is 5.56 Å². The Balaban J connectivity index is 2.18. The predicted octanol–water partition coefficient (Wildman–Crippen LogP) is 1.67. The molecule has 0 radical (unpaired) electrons. The number of benzene rings is 1. The molecule has 92 valence electrons. The Kier molecular flexibility index (Phi) is 3.20. The molecule has 1 aliphatic rings. The largest absolute Gasteiger partial charge is 0.338 e. The van der Waals surface area contributed by atoms with Gasteiger partial charge in [0.05, 0.1) is 0 Å². The molecule has 2 N–H and O–H groups in total. The van der Waals surface area contributed by atoms with E-state index in [2.05, 4.69) is 13.8 Å². The summed E-state index contributed by atoms with van der Waals surface area (Å²) in [5, 5.41) is 0. The van der Waals surface area contributed by atoms with Crippen LogP contribution in [0.3, 0.4) is 0 Å². The summed E-state index contributed by atoms with van der Waals surface area (Å²) in [4.78, 5) is 14.2. The molecule has 1 aliphatic heterocycles. The lowest BCUT2D eigenvalue weighted by Crippen LogP contribution is -2.45. The van der Waals surface area contributed by atoms with Crippen LogP contribution in [0.5, 0.6) is 0 Å². The third kappa shape index (κ3) is 2.50. The average Bonchev–Trinajstić information content (AvgIpc) is 2.33. The van der Waals surface area contributed by atoms with Crippen molar-refractivity contribution in [1.82, 2.24) is 4.90 Å². The Morgan fingerprint density at radius 2 is 2.06 bits per heavy atom. The van der Waals surface area contributed by atoms with Crippen LogP contribution in [0.1, 0.15) is 29.8 Å². The molecule has 1 heterocycles. The van der Waals surface area contributed by atoms with E-state index in [9.17, 15) is 4.79 Å². The molecular weight excluding hydrogens is 212 g/mol. The molecule has 0 aromatic heterocycles. The topological polar surface area (TPSA) is 46.3 Å². The maximum absolute atomic E-state index is 12.3. The summed E-state index contributed by atoms with van der Waals surface area (Å²) in [6.45, 7) is 6.33. The fraction of sp³-hybridized carbons (Fsp3) is 0.500. The summed E-state index contributed by atoms with van der Waals surface area (Å²) in [7, 11) is 0. The van der Waals surface area contributed by atoms with E-state index < -0.39 is 0 Å². The molecular formula is C14H20N2O. The molecule has 17 heavy (non-hydrogen) atoms. The minimum absolute atomic E-state index is 0.0120. The minimum atomic E-state index is -0.0120. The van der Waals surface area contributed by atoms with E-state index >= 15 is 0 Å². The van der Waals surface area contributed by atoms with Crippen molar-refractivity contribution in [2.45, 2.75) is 20.3 Å². The molecule has 1 aromatic carbocycles. The van der Waals surface area contributed by atoms with Gasteiger partial charge in [-0.2, -0.15) is 0 Å². The first-order valence-corrected chi connectivity index (χ1v) is 6.11. The van der Waals surface area contributed by atoms with Crippen molar-refractivity contribution >= 4 is 5.91 Å². The highest BCUT2D eigenvalue weighted by atomic mass is 16.2. The minimum Gasteiger partial charge on any atom is -0.338 e. The smallest absolute Gasteiger partial charge is 0.254 e. The average molecular weight is 232 g/mol. The number of fused-ring (bicyclic) bond motifs is 1. The van der Waals surface area contributed by atoms with Crippen molar-refractivity contribution in [3.05, 3.63) is 35.4 Å². The molecule has 2 rings (SSSR count). The SMILES string of the molecule is CC(C)(CN)CN1CCc2ccccc2C1=O. The zero-order chi connectivity index (χ0) is 12.5. The first kappa shape index (κ1) is 12.1. The van der Waals surface area contributed by atoms with Gasteiger partial charge in [-0.15, -0.1) is 0 Å². The third-order valence-corrected chi connectivity index (χ3v) is 3.36. The third-order valence-electron chi connectivity index (χ3n) is 3.36. The summed E-state index contributed by atoms with van der Waals surface area (Å²) >= 11 is 0. The van der Waals surface area contributed by atoms with Gasteiger partial charge < -0.3 is 10.6 Å². The van der Waals surface area contributed by atoms with Crippen molar-refractivity contribution in [1.29, 1.82) is 0 Å². The Morgan fingerprint density at radius 3 is 2.76 bits per heavy atom. The Morgan fingerprint density at radius 1 is 1.35 bits per heavy atom. The monoisotopic (exact) mass is 232 g/mol. The number of rotatable bonds is 3. The van der Waals surface area contributed by atoms with Crippen molar-refractivity contribution in [2.75, 3.05) is 19.6 Å². The second kappa shape index (κ2) is 4.49. The van der Waals surface area contributed by atoms with Gasteiger partial charge in [-0.3, -0.25) is 4.79 Å². The lowest BCUT2D eigenvalue weighted by molar-refractivity contribution is 0.0672. The number of hydrogen-bond donors (Lipinski definition) is 1. The zero-order valence-electron chi connectivity index (χ0n) is 10.6. The summed E-state index contributed by atoms with van der Waals surface area (Å²) in [6, 6.07) is 7.87. The van der Waals surface area contributed by atoms with Gasteiger partial charge in [0.1, 0.15) is 0 Å². The molecule has 3 nitrogen and oxygen atoms in total. The summed E-state index contributed by atoms with van der Waals surface area (Å²) in [5.41, 5.74) is 7.73. The van der Waals surface area contributed by atoms with Gasteiger partial charge in [0.2, 0.25) is 0 Å². The van der Waals surface area contributed by atoms with Crippen molar-refractivity contribution in [3.8, 4) is 0 Å². The van der Waals surface area contributed by atoms with Crippen molar-refractivity contribution in [3.63, 3.8) is 0 Å². The van der Waals surface area contributed by atoms with Crippen LogP contribution in [0.25, 0.3) is 0 Å². The molecule has 0 fully saturated rings. The summed E-state index contributed by atoms with van der Waals surface area (Å²) in [5.74, 6) is 0.147. The molecule has 1 aromatic rings. The van der Waals surface area contributed by atoms with E-state index in [1.807, 2.05) is 29.2 Å². The lowest BCUT2D eigenvalue weighted by atomic mass is 9.91. The molecule has 0 saturated heterocycles. The second-order valence-corrected chi connectivity index (χ2v) is 5.50. The molecule has 0 bridgehead atoms. The lowest BCUT2D eigenvalue weighted by Gasteiger charge is -2.35. The van der Waals surface area contributed by atoms with Gasteiger partial charge in [0.15, 0.2) is 0 Å². The van der Waals surface area contributed by atoms with Crippen LogP contribution >= 0.6 is 0 Å². The zero-order valence-corrected chi connectivity index (χ0v) is 10.6. The normalized spacial score (nSPS) is 15.9. The molecule has 0 aliphatic carbocycles. The highest BCUT2D eigenvalue weighted by molar-refractivity contribution is 5.96. The van der Waals surface area contributed by atoms with Crippen LogP contribution in [0.2, 0.25) is 0 Å². The van der Waals surface area contributed by atoms with Gasteiger partial charge >= 0.3 is 0 Å². The fourth-order valence-corrected chi connectivity index (χ4v) is 2.21. The quantitative estimate of drug-likeness (QED) is 0.861. The van der Waals surface area contributed by atoms with Crippen molar-refractivity contribution in [2.24, 2.45) is 11.1 Å². The summed E-state index contributed by atoms with van der Waals surface area (Å²) in [6.07, 6.45) is 0.947. The van der Waals surface area contributed by atoms with E-state index in [1.54, 1.807) is 0 Å². The van der Waals surface area contributed by atoms with Gasteiger partial charge in [0.25, 0.3) is 5.91 Å². The standard InChI is InChI=1S/C14H20N2O/c1-14(2,9-15)10-16-8-7-11-5-3-4-6-12(11)13(16)17/h3-6H,7-10,15H2,1-2H3. The summed E-state index contributed by atoms with van der Waals surface area (Å²) < 4.78 is 0. The maximum atomic E-state index is 12.3. The van der Waals surface area contributed by atoms with Crippen LogP contribution in [0, 0.1) is 5.41 Å². The first-order valence-electron chi connectivity index (χ1n) is 6.11. The van der Waals surface area contributed by atoms with Crippen LogP contribution in [-0.4, -0.2) is 30.4 Å². The van der Waals surface area contributed by atoms with E-state index in [0.717, 1.165) is 25.1 Å². The number of carbonyl (C=O) groups excluding carboxylic acids is 1. The molecule has 0 unspecified atom stereocenters. The van der Waals surface area contributed by atoms with Crippen LogP contribution < -0.4 is 5.73 Å². The predicted molar refractivity (Wildman–Crippen MR) is 68.9 cm³/mol. The van der Waals surface area contributed by atoms with E-state index in [-0.39, 0.29) is 11.3 Å².